The first kappa shape index (κ1) is 20.5. The summed E-state index contributed by atoms with van der Waals surface area (Å²) in [6.45, 7) is 1.39. The van der Waals surface area contributed by atoms with Gasteiger partial charge in [0.15, 0.2) is 18.2 Å². The maximum absolute atomic E-state index is 12.9. The molecule has 1 N–H and O–H groups in total. The first-order valence-electron chi connectivity index (χ1n) is 9.41. The molecule has 154 valence electrons. The third-order valence-corrected chi connectivity index (χ3v) is 5.31. The van der Waals surface area contributed by atoms with Gasteiger partial charge in [0.1, 0.15) is 0 Å². The molecule has 3 aromatic rings. The van der Waals surface area contributed by atoms with Gasteiger partial charge in [0.2, 0.25) is 0 Å². The number of fused-ring (bicyclic) bond motifs is 2. The maximum Gasteiger partial charge on any atom is 0.340 e. The van der Waals surface area contributed by atoms with Crippen molar-refractivity contribution in [3.63, 3.8) is 0 Å². The molecule has 4 rings (SSSR count). The molecule has 0 atom stereocenters. The zero-order valence-electron chi connectivity index (χ0n) is 16.4. The lowest BCUT2D eigenvalue weighted by atomic mass is 9.83. The Labute approximate surface area is 182 Å². The van der Waals surface area contributed by atoms with Gasteiger partial charge in [0, 0.05) is 22.4 Å². The van der Waals surface area contributed by atoms with Crippen molar-refractivity contribution in [3.05, 3.63) is 99.1 Å². The molecular weight excluding hydrogens is 418 g/mol. The van der Waals surface area contributed by atoms with Crippen molar-refractivity contribution >= 4 is 40.7 Å². The van der Waals surface area contributed by atoms with Crippen LogP contribution in [0.5, 0.6) is 0 Å². The van der Waals surface area contributed by atoms with E-state index in [9.17, 15) is 19.2 Å². The van der Waals surface area contributed by atoms with Gasteiger partial charge in [-0.1, -0.05) is 53.6 Å². The predicted octanol–water partition coefficient (Wildman–Crippen LogP) is 4.22. The molecule has 0 bridgehead atoms. The van der Waals surface area contributed by atoms with Gasteiger partial charge in [-0.2, -0.15) is 0 Å². The van der Waals surface area contributed by atoms with E-state index < -0.39 is 24.3 Å². The van der Waals surface area contributed by atoms with Gasteiger partial charge in [-0.25, -0.2) is 4.79 Å². The molecule has 3 aromatic carbocycles. The van der Waals surface area contributed by atoms with Gasteiger partial charge in [0.05, 0.1) is 16.1 Å². The Kier molecular flexibility index (Phi) is 5.40. The zero-order chi connectivity index (χ0) is 22.1. The van der Waals surface area contributed by atoms with E-state index in [4.69, 9.17) is 16.3 Å². The minimum atomic E-state index is -0.869. The quantitative estimate of drug-likeness (QED) is 0.487. The summed E-state index contributed by atoms with van der Waals surface area (Å²) in [5, 5.41) is 2.44. The zero-order valence-corrected chi connectivity index (χ0v) is 17.2. The number of amides is 1. The van der Waals surface area contributed by atoms with Crippen LogP contribution in [0.25, 0.3) is 0 Å². The van der Waals surface area contributed by atoms with Gasteiger partial charge < -0.3 is 10.1 Å². The Hall–Kier alpha value is -3.77. The van der Waals surface area contributed by atoms with Crippen molar-refractivity contribution in [2.45, 2.75) is 6.92 Å². The van der Waals surface area contributed by atoms with Crippen LogP contribution in [0.1, 0.15) is 47.8 Å². The van der Waals surface area contributed by atoms with Crippen LogP contribution in [0, 0.1) is 6.92 Å². The number of nitrogens with one attached hydrogen (secondary N) is 1. The fourth-order valence-electron chi connectivity index (χ4n) is 3.35. The SMILES string of the molecule is Cc1ccc(NC(=O)COC(=O)c2ccc3c(c2Cl)C(=O)c2ccccc2C3=O)cc1. The van der Waals surface area contributed by atoms with E-state index in [0.29, 0.717) is 11.3 Å². The molecule has 31 heavy (non-hydrogen) atoms. The summed E-state index contributed by atoms with van der Waals surface area (Å²) in [6.07, 6.45) is 0. The molecule has 1 aliphatic carbocycles. The normalized spacial score (nSPS) is 12.1. The number of esters is 1. The van der Waals surface area contributed by atoms with E-state index in [0.717, 1.165) is 5.56 Å². The van der Waals surface area contributed by atoms with Crippen molar-refractivity contribution in [3.8, 4) is 0 Å². The molecule has 0 spiro atoms. The molecule has 0 fully saturated rings. The summed E-state index contributed by atoms with van der Waals surface area (Å²) in [6, 6.07) is 16.3. The average molecular weight is 434 g/mol. The van der Waals surface area contributed by atoms with Crippen molar-refractivity contribution in [1.29, 1.82) is 0 Å². The van der Waals surface area contributed by atoms with E-state index in [1.807, 2.05) is 19.1 Å². The van der Waals surface area contributed by atoms with Crippen molar-refractivity contribution < 1.29 is 23.9 Å². The van der Waals surface area contributed by atoms with Crippen LogP contribution < -0.4 is 5.32 Å². The molecule has 0 radical (unpaired) electrons. The number of aryl methyl sites for hydroxylation is 1. The highest BCUT2D eigenvalue weighted by Gasteiger charge is 2.33. The number of ketones is 2. The van der Waals surface area contributed by atoms with Crippen LogP contribution >= 0.6 is 11.6 Å². The molecule has 7 heteroatoms. The lowest BCUT2D eigenvalue weighted by Crippen LogP contribution is -2.24. The van der Waals surface area contributed by atoms with Crippen molar-refractivity contribution in [2.24, 2.45) is 0 Å². The first-order valence-corrected chi connectivity index (χ1v) is 9.79. The third kappa shape index (κ3) is 3.85. The topological polar surface area (TPSA) is 89.5 Å². The molecule has 0 aromatic heterocycles. The Morgan fingerprint density at radius 2 is 1.52 bits per heavy atom. The van der Waals surface area contributed by atoms with Gasteiger partial charge in [0.25, 0.3) is 5.91 Å². The van der Waals surface area contributed by atoms with Crippen LogP contribution in [0.2, 0.25) is 5.02 Å². The van der Waals surface area contributed by atoms with Gasteiger partial charge in [-0.15, -0.1) is 0 Å². The number of carbonyl (C=O) groups excluding carboxylic acids is 4. The number of hydrogen-bond acceptors (Lipinski definition) is 5. The van der Waals surface area contributed by atoms with E-state index in [-0.39, 0.29) is 33.1 Å². The van der Waals surface area contributed by atoms with Crippen LogP contribution in [0.15, 0.2) is 60.7 Å². The van der Waals surface area contributed by atoms with Crippen molar-refractivity contribution in [2.75, 3.05) is 11.9 Å². The van der Waals surface area contributed by atoms with Crippen LogP contribution in [-0.2, 0) is 9.53 Å². The Morgan fingerprint density at radius 1 is 0.871 bits per heavy atom. The second-order valence-corrected chi connectivity index (χ2v) is 7.42. The molecule has 6 nitrogen and oxygen atoms in total. The molecule has 1 amide bonds. The molecule has 0 aliphatic heterocycles. The first-order chi connectivity index (χ1) is 14.9. The number of halogens is 1. The van der Waals surface area contributed by atoms with Crippen molar-refractivity contribution in [1.82, 2.24) is 0 Å². The lowest BCUT2D eigenvalue weighted by molar-refractivity contribution is -0.119. The number of anilines is 1. The standard InChI is InChI=1S/C24H16ClNO5/c1-13-6-8-14(9-7-13)26-19(27)12-31-24(30)18-11-10-17-20(21(18)25)23(29)16-5-3-2-4-15(16)22(17)28/h2-11H,12H2,1H3,(H,26,27). The number of rotatable bonds is 4. The molecule has 0 unspecified atom stereocenters. The molecular formula is C24H16ClNO5. The lowest BCUT2D eigenvalue weighted by Gasteiger charge is -2.19. The fraction of sp³-hybridized carbons (Fsp3) is 0.0833. The summed E-state index contributed by atoms with van der Waals surface area (Å²) < 4.78 is 5.06. The summed E-state index contributed by atoms with van der Waals surface area (Å²) in [4.78, 5) is 50.2. The minimum Gasteiger partial charge on any atom is -0.452 e. The Morgan fingerprint density at radius 3 is 2.19 bits per heavy atom. The minimum absolute atomic E-state index is 0.0380. The van der Waals surface area contributed by atoms with E-state index in [2.05, 4.69) is 5.32 Å². The van der Waals surface area contributed by atoms with E-state index in [1.165, 1.54) is 18.2 Å². The summed E-state index contributed by atoms with van der Waals surface area (Å²) in [5.74, 6) is -2.18. The monoisotopic (exact) mass is 433 g/mol. The largest absolute Gasteiger partial charge is 0.452 e. The molecule has 0 saturated heterocycles. The molecule has 0 saturated carbocycles. The Balaban J connectivity index is 1.52. The fourth-order valence-corrected chi connectivity index (χ4v) is 3.67. The van der Waals surface area contributed by atoms with Gasteiger partial charge >= 0.3 is 5.97 Å². The van der Waals surface area contributed by atoms with Crippen LogP contribution in [-0.4, -0.2) is 30.0 Å². The summed E-state index contributed by atoms with van der Waals surface area (Å²) >= 11 is 6.33. The number of hydrogen-bond donors (Lipinski definition) is 1. The maximum atomic E-state index is 12.9. The summed E-state index contributed by atoms with van der Waals surface area (Å²) in [5.41, 5.74) is 2.13. The van der Waals surface area contributed by atoms with Crippen LogP contribution in [0.3, 0.4) is 0 Å². The number of ether oxygens (including phenoxy) is 1. The molecule has 1 aliphatic rings. The second kappa shape index (κ2) is 8.16. The smallest absolute Gasteiger partial charge is 0.340 e. The highest BCUT2D eigenvalue weighted by molar-refractivity contribution is 6.41. The van der Waals surface area contributed by atoms with Gasteiger partial charge in [-0.3, -0.25) is 14.4 Å². The number of carbonyl (C=O) groups is 4. The molecule has 0 heterocycles. The summed E-state index contributed by atoms with van der Waals surface area (Å²) in [7, 11) is 0. The Bertz CT molecular complexity index is 1250. The van der Waals surface area contributed by atoms with E-state index >= 15 is 0 Å². The number of benzene rings is 3. The second-order valence-electron chi connectivity index (χ2n) is 7.04. The average Bonchev–Trinajstić information content (AvgIpc) is 2.77. The third-order valence-electron chi connectivity index (χ3n) is 4.92. The van der Waals surface area contributed by atoms with Gasteiger partial charge in [-0.05, 0) is 31.2 Å². The van der Waals surface area contributed by atoms with Crippen LogP contribution in [0.4, 0.5) is 5.69 Å². The van der Waals surface area contributed by atoms with E-state index in [1.54, 1.807) is 30.3 Å². The predicted molar refractivity (Wildman–Crippen MR) is 115 cm³/mol. The highest BCUT2D eigenvalue weighted by atomic mass is 35.5. The highest BCUT2D eigenvalue weighted by Crippen LogP contribution is 2.34.